The Labute approximate surface area is 176 Å². The van der Waals surface area contributed by atoms with Crippen LogP contribution >= 0.6 is 0 Å². The minimum absolute atomic E-state index is 0.213. The minimum atomic E-state index is -3.71. The van der Waals surface area contributed by atoms with Crippen molar-refractivity contribution >= 4 is 21.7 Å². The van der Waals surface area contributed by atoms with E-state index in [0.29, 0.717) is 63.3 Å². The van der Waals surface area contributed by atoms with Crippen molar-refractivity contribution in [3.8, 4) is 5.75 Å². The summed E-state index contributed by atoms with van der Waals surface area (Å²) in [6, 6.07) is 13.2. The first-order valence-corrected chi connectivity index (χ1v) is 11.5. The number of guanidine groups is 1. The van der Waals surface area contributed by atoms with Crippen molar-refractivity contribution in [2.45, 2.75) is 11.8 Å². The molecule has 0 atom stereocenters. The predicted molar refractivity (Wildman–Crippen MR) is 114 cm³/mol. The van der Waals surface area contributed by atoms with Gasteiger partial charge in [0, 0.05) is 26.2 Å². The van der Waals surface area contributed by atoms with Crippen LogP contribution in [0.5, 0.6) is 5.75 Å². The van der Waals surface area contributed by atoms with Crippen LogP contribution in [-0.4, -0.2) is 69.5 Å². The zero-order valence-corrected chi connectivity index (χ0v) is 17.7. The Morgan fingerprint density at radius 1 is 0.967 bits per heavy atom. The van der Waals surface area contributed by atoms with Gasteiger partial charge in [0.25, 0.3) is 10.0 Å². The van der Waals surface area contributed by atoms with Gasteiger partial charge < -0.3 is 14.5 Å². The average Bonchev–Trinajstić information content (AvgIpc) is 3.26. The quantitative estimate of drug-likeness (QED) is 0.726. The average molecular weight is 433 g/mol. The van der Waals surface area contributed by atoms with Gasteiger partial charge in [-0.15, -0.1) is 0 Å². The molecule has 0 aliphatic carbocycles. The molecule has 0 N–H and O–H groups in total. The summed E-state index contributed by atoms with van der Waals surface area (Å²) in [5.41, 5.74) is 0.573. The lowest BCUT2D eigenvalue weighted by molar-refractivity contribution is 0.340. The number of hydrogen-bond acceptors (Lipinski definition) is 6. The zero-order chi connectivity index (χ0) is 21.1. The third-order valence-corrected chi connectivity index (χ3v) is 7.05. The molecule has 1 fully saturated rings. The van der Waals surface area contributed by atoms with Crippen LogP contribution in [-0.2, 0) is 10.0 Å². The molecule has 160 valence electrons. The van der Waals surface area contributed by atoms with Gasteiger partial charge in [0.2, 0.25) is 5.96 Å². The van der Waals surface area contributed by atoms with E-state index in [-0.39, 0.29) is 10.7 Å². The zero-order valence-electron chi connectivity index (χ0n) is 16.9. The number of rotatable bonds is 5. The third-order valence-electron chi connectivity index (χ3n) is 5.26. The molecule has 0 amide bonds. The number of aliphatic imine (C=N–C) groups is 1. The Kier molecular flexibility index (Phi) is 5.80. The summed E-state index contributed by atoms with van der Waals surface area (Å²) in [6.07, 6.45) is 0. The molecule has 0 bridgehead atoms. The van der Waals surface area contributed by atoms with E-state index in [0.717, 1.165) is 0 Å². The fraction of sp³-hybridized carbons (Fsp3) is 0.381. The van der Waals surface area contributed by atoms with E-state index in [2.05, 4.69) is 4.99 Å². The first-order valence-electron chi connectivity index (χ1n) is 10.0. The van der Waals surface area contributed by atoms with Crippen molar-refractivity contribution < 1.29 is 17.5 Å². The second-order valence-electron chi connectivity index (χ2n) is 7.09. The van der Waals surface area contributed by atoms with Crippen LogP contribution in [0, 0.1) is 5.82 Å². The van der Waals surface area contributed by atoms with Gasteiger partial charge in [-0.25, -0.2) is 17.1 Å². The van der Waals surface area contributed by atoms with Crippen molar-refractivity contribution in [2.24, 2.45) is 4.99 Å². The van der Waals surface area contributed by atoms with Crippen LogP contribution in [0.25, 0.3) is 0 Å². The van der Waals surface area contributed by atoms with Gasteiger partial charge in [0.15, 0.2) is 0 Å². The summed E-state index contributed by atoms with van der Waals surface area (Å²) in [5.74, 6) is 0.858. The third kappa shape index (κ3) is 3.94. The Morgan fingerprint density at radius 2 is 1.63 bits per heavy atom. The number of sulfonamides is 1. The highest BCUT2D eigenvalue weighted by atomic mass is 32.2. The molecule has 0 aromatic heterocycles. The number of halogens is 1. The van der Waals surface area contributed by atoms with Crippen LogP contribution < -0.4 is 9.64 Å². The van der Waals surface area contributed by atoms with Crippen LogP contribution in [0.3, 0.4) is 0 Å². The lowest BCUT2D eigenvalue weighted by Gasteiger charge is -2.38. The molecule has 30 heavy (non-hydrogen) atoms. The maximum absolute atomic E-state index is 14.1. The summed E-state index contributed by atoms with van der Waals surface area (Å²) in [5, 5.41) is 0. The number of anilines is 1. The van der Waals surface area contributed by atoms with E-state index >= 15 is 0 Å². The first kappa shape index (κ1) is 20.5. The summed E-state index contributed by atoms with van der Waals surface area (Å²) in [7, 11) is -3.71. The molecule has 0 saturated carbocycles. The summed E-state index contributed by atoms with van der Waals surface area (Å²) in [6.45, 7) is 5.48. The van der Waals surface area contributed by atoms with Crippen molar-refractivity contribution in [3.05, 3.63) is 54.3 Å². The molecule has 2 aliphatic rings. The van der Waals surface area contributed by atoms with E-state index < -0.39 is 10.0 Å². The largest absolute Gasteiger partial charge is 0.494 e. The minimum Gasteiger partial charge on any atom is -0.494 e. The smallest absolute Gasteiger partial charge is 0.266 e. The van der Waals surface area contributed by atoms with Gasteiger partial charge >= 0.3 is 0 Å². The highest BCUT2D eigenvalue weighted by Gasteiger charge is 2.35. The first-order chi connectivity index (χ1) is 14.5. The highest BCUT2D eigenvalue weighted by molar-refractivity contribution is 7.89. The fourth-order valence-corrected chi connectivity index (χ4v) is 5.21. The molecule has 0 radical (unpaired) electrons. The predicted octanol–water partition coefficient (Wildman–Crippen LogP) is 2.41. The van der Waals surface area contributed by atoms with Gasteiger partial charge in [-0.3, -0.25) is 4.99 Å². The number of para-hydroxylation sites is 1. The highest BCUT2D eigenvalue weighted by Crippen LogP contribution is 2.25. The number of nitrogens with zero attached hydrogens (tertiary/aromatic N) is 4. The molecule has 2 heterocycles. The Balaban J connectivity index is 1.47. The molecule has 9 heteroatoms. The van der Waals surface area contributed by atoms with Gasteiger partial charge in [0.1, 0.15) is 11.6 Å². The Hall–Kier alpha value is -2.81. The van der Waals surface area contributed by atoms with E-state index in [1.165, 1.54) is 10.4 Å². The van der Waals surface area contributed by atoms with Crippen LogP contribution in [0.15, 0.2) is 58.4 Å². The molecule has 7 nitrogen and oxygen atoms in total. The van der Waals surface area contributed by atoms with E-state index in [9.17, 15) is 12.8 Å². The SMILES string of the molecule is CCOc1ccc(S(=O)(=O)N2CCN=C2N2CCN(c3ccccc3F)CC2)cc1. The number of benzene rings is 2. The molecular weight excluding hydrogens is 407 g/mol. The monoisotopic (exact) mass is 432 g/mol. The molecule has 2 aliphatic heterocycles. The van der Waals surface area contributed by atoms with E-state index in [4.69, 9.17) is 4.74 Å². The normalized spacial score (nSPS) is 17.3. The summed E-state index contributed by atoms with van der Waals surface area (Å²) >= 11 is 0. The molecule has 1 saturated heterocycles. The fourth-order valence-electron chi connectivity index (χ4n) is 3.76. The van der Waals surface area contributed by atoms with E-state index in [1.807, 2.05) is 22.8 Å². The molecule has 0 spiro atoms. The second kappa shape index (κ2) is 8.51. The molecular formula is C21H25FN4O3S. The molecule has 0 unspecified atom stereocenters. The number of piperazine rings is 1. The summed E-state index contributed by atoms with van der Waals surface area (Å²) in [4.78, 5) is 8.63. The molecule has 4 rings (SSSR count). The topological polar surface area (TPSA) is 65.5 Å². The number of hydrogen-bond donors (Lipinski definition) is 0. The van der Waals surface area contributed by atoms with Crippen LogP contribution in [0.2, 0.25) is 0 Å². The molecule has 2 aromatic rings. The lowest BCUT2D eigenvalue weighted by atomic mass is 10.2. The second-order valence-corrected chi connectivity index (χ2v) is 8.95. The van der Waals surface area contributed by atoms with Gasteiger partial charge in [-0.1, -0.05) is 12.1 Å². The van der Waals surface area contributed by atoms with Crippen LogP contribution in [0.1, 0.15) is 6.92 Å². The van der Waals surface area contributed by atoms with Crippen LogP contribution in [0.4, 0.5) is 10.1 Å². The van der Waals surface area contributed by atoms with Crippen molar-refractivity contribution in [1.29, 1.82) is 0 Å². The maximum atomic E-state index is 14.1. The number of ether oxygens (including phenoxy) is 1. The van der Waals surface area contributed by atoms with Gasteiger partial charge in [0.05, 0.1) is 30.3 Å². The maximum Gasteiger partial charge on any atom is 0.266 e. The van der Waals surface area contributed by atoms with Gasteiger partial charge in [-0.05, 0) is 43.3 Å². The van der Waals surface area contributed by atoms with Crippen molar-refractivity contribution in [3.63, 3.8) is 0 Å². The molecule has 2 aromatic carbocycles. The standard InChI is InChI=1S/C21H25FN4O3S/c1-2-29-17-7-9-18(10-8-17)30(27,28)26-12-11-23-21(26)25-15-13-24(14-16-25)20-6-4-3-5-19(20)22/h3-10H,2,11-16H2,1H3. The summed E-state index contributed by atoms with van der Waals surface area (Å²) < 4.78 is 47.3. The van der Waals surface area contributed by atoms with Crippen molar-refractivity contribution in [1.82, 2.24) is 9.21 Å². The Bertz CT molecular complexity index is 1020. The van der Waals surface area contributed by atoms with Gasteiger partial charge in [-0.2, -0.15) is 0 Å². The Morgan fingerprint density at radius 3 is 2.30 bits per heavy atom. The van der Waals surface area contributed by atoms with E-state index in [1.54, 1.807) is 36.4 Å². The van der Waals surface area contributed by atoms with Crippen molar-refractivity contribution in [2.75, 3.05) is 50.8 Å². The lowest BCUT2D eigenvalue weighted by Crippen LogP contribution is -2.53.